The number of aromatic nitrogens is 1. The van der Waals surface area contributed by atoms with E-state index in [-0.39, 0.29) is 5.91 Å². The molecule has 1 aromatic rings. The first-order chi connectivity index (χ1) is 9.02. The van der Waals surface area contributed by atoms with Crippen LogP contribution in [0.15, 0.2) is 18.3 Å². The second-order valence-electron chi connectivity index (χ2n) is 5.25. The van der Waals surface area contributed by atoms with Gasteiger partial charge in [0.05, 0.1) is 5.60 Å². The molecule has 1 aliphatic rings. The Bertz CT molecular complexity index is 450. The van der Waals surface area contributed by atoms with Gasteiger partial charge in [0, 0.05) is 31.4 Å². The molecule has 5 heteroatoms. The van der Waals surface area contributed by atoms with Crippen LogP contribution in [0.4, 0.5) is 5.82 Å². The zero-order valence-corrected chi connectivity index (χ0v) is 11.5. The fourth-order valence-electron chi connectivity index (χ4n) is 2.22. The maximum absolute atomic E-state index is 12.4. The van der Waals surface area contributed by atoms with E-state index in [9.17, 15) is 9.90 Å². The molecule has 104 valence electrons. The van der Waals surface area contributed by atoms with Gasteiger partial charge in [0.25, 0.3) is 5.91 Å². The minimum Gasteiger partial charge on any atom is -0.390 e. The topological polar surface area (TPSA) is 65.5 Å². The smallest absolute Gasteiger partial charge is 0.254 e. The summed E-state index contributed by atoms with van der Waals surface area (Å²) in [6.07, 6.45) is 2.90. The first kappa shape index (κ1) is 13.8. The van der Waals surface area contributed by atoms with Gasteiger partial charge in [0.1, 0.15) is 5.82 Å². The first-order valence-electron chi connectivity index (χ1n) is 6.73. The number of pyridine rings is 1. The van der Waals surface area contributed by atoms with Crippen LogP contribution >= 0.6 is 0 Å². The Balaban J connectivity index is 2.05. The van der Waals surface area contributed by atoms with Crippen molar-refractivity contribution in [2.24, 2.45) is 0 Å². The molecule has 2 N–H and O–H groups in total. The summed E-state index contributed by atoms with van der Waals surface area (Å²) >= 11 is 0. The van der Waals surface area contributed by atoms with Crippen LogP contribution in [0, 0.1) is 0 Å². The molecule has 2 rings (SSSR count). The minimum absolute atomic E-state index is 0.0112. The number of piperidine rings is 1. The summed E-state index contributed by atoms with van der Waals surface area (Å²) in [5.74, 6) is 0.731. The van der Waals surface area contributed by atoms with Gasteiger partial charge in [0.15, 0.2) is 0 Å². The van der Waals surface area contributed by atoms with Crippen molar-refractivity contribution in [1.82, 2.24) is 9.88 Å². The summed E-state index contributed by atoms with van der Waals surface area (Å²) in [5.41, 5.74) is 0.0109. The Morgan fingerprint density at radius 3 is 2.84 bits per heavy atom. The summed E-state index contributed by atoms with van der Waals surface area (Å²) in [4.78, 5) is 18.3. The van der Waals surface area contributed by atoms with E-state index in [0.29, 0.717) is 31.5 Å². The number of likely N-dealkylation sites (tertiary alicyclic amines) is 1. The second kappa shape index (κ2) is 5.57. The fraction of sp³-hybridized carbons (Fsp3) is 0.571. The average molecular weight is 263 g/mol. The zero-order valence-electron chi connectivity index (χ0n) is 11.5. The quantitative estimate of drug-likeness (QED) is 0.867. The Morgan fingerprint density at radius 2 is 2.21 bits per heavy atom. The van der Waals surface area contributed by atoms with Crippen LogP contribution in [-0.4, -0.2) is 46.1 Å². The van der Waals surface area contributed by atoms with Gasteiger partial charge in [-0.3, -0.25) is 4.79 Å². The van der Waals surface area contributed by atoms with Crippen molar-refractivity contribution in [3.8, 4) is 0 Å². The molecular formula is C14H21N3O2. The van der Waals surface area contributed by atoms with Crippen LogP contribution in [0.5, 0.6) is 0 Å². The molecular weight excluding hydrogens is 242 g/mol. The van der Waals surface area contributed by atoms with Crippen LogP contribution in [0.25, 0.3) is 0 Å². The van der Waals surface area contributed by atoms with Gasteiger partial charge in [-0.1, -0.05) is 0 Å². The molecule has 0 radical (unpaired) electrons. The number of nitrogens with one attached hydrogen (secondary N) is 1. The molecule has 0 unspecified atom stereocenters. The number of amides is 1. The lowest BCUT2D eigenvalue weighted by Crippen LogP contribution is -2.45. The van der Waals surface area contributed by atoms with Gasteiger partial charge in [-0.15, -0.1) is 0 Å². The number of rotatable bonds is 3. The number of hydrogen-bond acceptors (Lipinski definition) is 4. The highest BCUT2D eigenvalue weighted by atomic mass is 16.3. The lowest BCUT2D eigenvalue weighted by atomic mass is 9.93. The van der Waals surface area contributed by atoms with Gasteiger partial charge in [-0.05, 0) is 38.8 Å². The Hall–Kier alpha value is -1.62. The average Bonchev–Trinajstić information content (AvgIpc) is 2.39. The van der Waals surface area contributed by atoms with E-state index in [1.165, 1.54) is 0 Å². The molecule has 1 fully saturated rings. The first-order valence-corrected chi connectivity index (χ1v) is 6.73. The fourth-order valence-corrected chi connectivity index (χ4v) is 2.22. The number of carbonyl (C=O) groups excluding carboxylic acids is 1. The molecule has 0 aromatic carbocycles. The van der Waals surface area contributed by atoms with E-state index in [2.05, 4.69) is 10.3 Å². The molecule has 2 heterocycles. The summed E-state index contributed by atoms with van der Waals surface area (Å²) in [6.45, 7) is 5.79. The highest BCUT2D eigenvalue weighted by molar-refractivity contribution is 5.94. The normalized spacial score (nSPS) is 18.2. The molecule has 0 aliphatic carbocycles. The molecule has 0 saturated carbocycles. The van der Waals surface area contributed by atoms with E-state index in [4.69, 9.17) is 0 Å². The van der Waals surface area contributed by atoms with Crippen molar-refractivity contribution >= 4 is 11.7 Å². The van der Waals surface area contributed by atoms with Crippen LogP contribution in [0.3, 0.4) is 0 Å². The lowest BCUT2D eigenvalue weighted by Gasteiger charge is -2.35. The predicted molar refractivity (Wildman–Crippen MR) is 74.2 cm³/mol. The number of carbonyl (C=O) groups is 1. The Morgan fingerprint density at radius 1 is 1.53 bits per heavy atom. The van der Waals surface area contributed by atoms with Crippen molar-refractivity contribution in [2.45, 2.75) is 32.3 Å². The number of hydrogen-bond donors (Lipinski definition) is 2. The van der Waals surface area contributed by atoms with Gasteiger partial charge in [0.2, 0.25) is 0 Å². The van der Waals surface area contributed by atoms with E-state index in [1.807, 2.05) is 13.8 Å². The molecule has 0 bridgehead atoms. The highest BCUT2D eigenvalue weighted by Gasteiger charge is 2.29. The van der Waals surface area contributed by atoms with Crippen molar-refractivity contribution in [3.63, 3.8) is 0 Å². The number of nitrogens with zero attached hydrogens (tertiary/aromatic N) is 2. The van der Waals surface area contributed by atoms with Crippen LogP contribution in [0.2, 0.25) is 0 Å². The lowest BCUT2D eigenvalue weighted by molar-refractivity contribution is -0.00202. The van der Waals surface area contributed by atoms with E-state index >= 15 is 0 Å². The highest BCUT2D eigenvalue weighted by Crippen LogP contribution is 2.22. The SMILES string of the molecule is CCNc1cc(C(=O)N2CCC(C)(O)CC2)ccn1. The third-order valence-electron chi connectivity index (χ3n) is 3.49. The monoisotopic (exact) mass is 263 g/mol. The maximum atomic E-state index is 12.4. The zero-order chi connectivity index (χ0) is 13.9. The van der Waals surface area contributed by atoms with Crippen molar-refractivity contribution in [2.75, 3.05) is 25.0 Å². The summed E-state index contributed by atoms with van der Waals surface area (Å²) in [7, 11) is 0. The van der Waals surface area contributed by atoms with Gasteiger partial charge in [-0.25, -0.2) is 4.98 Å². The standard InChI is InChI=1S/C14H21N3O2/c1-3-15-12-10-11(4-7-16-12)13(18)17-8-5-14(2,19)6-9-17/h4,7,10,19H,3,5-6,8-9H2,1-2H3,(H,15,16). The van der Waals surface area contributed by atoms with E-state index in [0.717, 1.165) is 12.4 Å². The molecule has 1 aromatic heterocycles. The van der Waals surface area contributed by atoms with E-state index < -0.39 is 5.60 Å². The molecule has 5 nitrogen and oxygen atoms in total. The minimum atomic E-state index is -0.635. The maximum Gasteiger partial charge on any atom is 0.254 e. The molecule has 1 aliphatic heterocycles. The summed E-state index contributed by atoms with van der Waals surface area (Å²) < 4.78 is 0. The molecule has 1 saturated heterocycles. The van der Waals surface area contributed by atoms with Crippen molar-refractivity contribution in [3.05, 3.63) is 23.9 Å². The summed E-state index contributed by atoms with van der Waals surface area (Å²) in [6, 6.07) is 3.51. The third kappa shape index (κ3) is 3.44. The third-order valence-corrected chi connectivity index (χ3v) is 3.49. The van der Waals surface area contributed by atoms with Crippen molar-refractivity contribution in [1.29, 1.82) is 0 Å². The Labute approximate surface area is 113 Å². The van der Waals surface area contributed by atoms with Crippen LogP contribution in [0.1, 0.15) is 37.0 Å². The number of anilines is 1. The predicted octanol–water partition coefficient (Wildman–Crippen LogP) is 1.50. The van der Waals surface area contributed by atoms with Gasteiger partial charge < -0.3 is 15.3 Å². The summed E-state index contributed by atoms with van der Waals surface area (Å²) in [5, 5.41) is 13.0. The molecule has 0 atom stereocenters. The molecule has 19 heavy (non-hydrogen) atoms. The van der Waals surface area contributed by atoms with Gasteiger partial charge >= 0.3 is 0 Å². The molecule has 1 amide bonds. The van der Waals surface area contributed by atoms with Crippen molar-refractivity contribution < 1.29 is 9.90 Å². The molecule has 0 spiro atoms. The van der Waals surface area contributed by atoms with Crippen LogP contribution < -0.4 is 5.32 Å². The van der Waals surface area contributed by atoms with E-state index in [1.54, 1.807) is 23.2 Å². The largest absolute Gasteiger partial charge is 0.390 e. The number of aliphatic hydroxyl groups is 1. The Kier molecular flexibility index (Phi) is 4.04. The van der Waals surface area contributed by atoms with Crippen LogP contribution in [-0.2, 0) is 0 Å². The van der Waals surface area contributed by atoms with Gasteiger partial charge in [-0.2, -0.15) is 0 Å². The second-order valence-corrected chi connectivity index (χ2v) is 5.25.